The van der Waals surface area contributed by atoms with Crippen molar-refractivity contribution >= 4 is 51.9 Å². The molecule has 0 aliphatic carbocycles. The molecule has 0 radical (unpaired) electrons. The molecule has 0 unspecified atom stereocenters. The van der Waals surface area contributed by atoms with Crippen molar-refractivity contribution in [3.05, 3.63) is 65.7 Å². The Bertz CT molecular complexity index is 1400. The van der Waals surface area contributed by atoms with Crippen LogP contribution in [0.15, 0.2) is 64.7 Å². The number of furan rings is 1. The zero-order valence-electron chi connectivity index (χ0n) is 17.9. The van der Waals surface area contributed by atoms with E-state index in [4.69, 9.17) is 25.9 Å². The largest absolute Gasteiger partial charge is 0.493 e. The molecular formula is C23H19ClN4O5S. The van der Waals surface area contributed by atoms with Crippen LogP contribution in [0.4, 0.5) is 5.69 Å². The SMILES string of the molecule is C=CCn1c(SCC(=O)Nc2cc(C(=O)O)ccc2Cl)nnc1-c1cc2cccc(OC)c2o1. The van der Waals surface area contributed by atoms with Gasteiger partial charge in [0.1, 0.15) is 0 Å². The van der Waals surface area contributed by atoms with E-state index in [0.717, 1.165) is 17.1 Å². The number of ether oxygens (including phenoxy) is 1. The van der Waals surface area contributed by atoms with Gasteiger partial charge in [-0.05, 0) is 30.3 Å². The summed E-state index contributed by atoms with van der Waals surface area (Å²) in [7, 11) is 1.57. The molecule has 34 heavy (non-hydrogen) atoms. The molecule has 2 aromatic carbocycles. The maximum absolute atomic E-state index is 12.5. The minimum Gasteiger partial charge on any atom is -0.493 e. The summed E-state index contributed by atoms with van der Waals surface area (Å²) in [4.78, 5) is 23.7. The first kappa shape index (κ1) is 23.4. The molecule has 0 aliphatic rings. The predicted molar refractivity (Wildman–Crippen MR) is 130 cm³/mol. The van der Waals surface area contributed by atoms with Crippen LogP contribution in [-0.2, 0) is 11.3 Å². The van der Waals surface area contributed by atoms with E-state index in [2.05, 4.69) is 22.1 Å². The van der Waals surface area contributed by atoms with Gasteiger partial charge in [0.25, 0.3) is 0 Å². The van der Waals surface area contributed by atoms with E-state index in [-0.39, 0.29) is 27.9 Å². The smallest absolute Gasteiger partial charge is 0.335 e. The third-order valence-corrected chi connectivity index (χ3v) is 6.09. The third kappa shape index (κ3) is 4.78. The lowest BCUT2D eigenvalue weighted by Gasteiger charge is -2.09. The van der Waals surface area contributed by atoms with Crippen LogP contribution >= 0.6 is 23.4 Å². The normalized spacial score (nSPS) is 10.9. The number of amides is 1. The number of thioether (sulfide) groups is 1. The number of methoxy groups -OCH3 is 1. The molecule has 4 rings (SSSR count). The average molecular weight is 499 g/mol. The summed E-state index contributed by atoms with van der Waals surface area (Å²) < 4.78 is 13.1. The fraction of sp³-hybridized carbons (Fsp3) is 0.130. The molecule has 0 aliphatic heterocycles. The van der Waals surface area contributed by atoms with E-state index in [9.17, 15) is 9.59 Å². The number of rotatable bonds is 9. The number of benzene rings is 2. The Labute approximate surface area is 203 Å². The van der Waals surface area contributed by atoms with Gasteiger partial charge in [-0.1, -0.05) is 41.6 Å². The standard InChI is InChI=1S/C23H19ClN4O5S/c1-3-9-28-21(18-11-13-5-4-6-17(32-2)20(13)33-18)26-27-23(28)34-12-19(29)25-16-10-14(22(30)31)7-8-15(16)24/h3-8,10-11H,1,9,12H2,2H3,(H,25,29)(H,30,31). The van der Waals surface area contributed by atoms with E-state index in [1.807, 2.05) is 24.3 Å². The summed E-state index contributed by atoms with van der Waals surface area (Å²) in [5.41, 5.74) is 0.837. The molecule has 2 heterocycles. The van der Waals surface area contributed by atoms with E-state index in [1.165, 1.54) is 18.2 Å². The lowest BCUT2D eigenvalue weighted by molar-refractivity contribution is -0.113. The summed E-state index contributed by atoms with van der Waals surface area (Å²) >= 11 is 7.25. The monoisotopic (exact) mass is 498 g/mol. The lowest BCUT2D eigenvalue weighted by atomic mass is 10.2. The highest BCUT2D eigenvalue weighted by Gasteiger charge is 2.19. The van der Waals surface area contributed by atoms with Gasteiger partial charge in [-0.3, -0.25) is 9.36 Å². The number of aromatic carboxylic acids is 1. The molecule has 1 amide bonds. The molecule has 0 atom stereocenters. The first-order valence-electron chi connectivity index (χ1n) is 9.97. The van der Waals surface area contributed by atoms with Crippen molar-refractivity contribution in [3.8, 4) is 17.3 Å². The van der Waals surface area contributed by atoms with Gasteiger partial charge in [0.15, 0.2) is 22.2 Å². The Morgan fingerprint density at radius 2 is 2.12 bits per heavy atom. The third-order valence-electron chi connectivity index (χ3n) is 4.80. The van der Waals surface area contributed by atoms with E-state index < -0.39 is 5.97 Å². The number of halogens is 1. The summed E-state index contributed by atoms with van der Waals surface area (Å²) in [5.74, 6) is 0.0974. The van der Waals surface area contributed by atoms with Gasteiger partial charge in [0.05, 0.1) is 29.1 Å². The average Bonchev–Trinajstić information content (AvgIpc) is 3.43. The number of allylic oxidation sites excluding steroid dienone is 1. The minimum atomic E-state index is -1.12. The molecule has 9 nitrogen and oxygen atoms in total. The van der Waals surface area contributed by atoms with Crippen molar-refractivity contribution in [2.45, 2.75) is 11.7 Å². The van der Waals surface area contributed by atoms with Crippen LogP contribution in [-0.4, -0.2) is 44.6 Å². The van der Waals surface area contributed by atoms with Crippen LogP contribution in [0.2, 0.25) is 5.02 Å². The van der Waals surface area contributed by atoms with Crippen LogP contribution in [0.1, 0.15) is 10.4 Å². The van der Waals surface area contributed by atoms with Crippen LogP contribution < -0.4 is 10.1 Å². The second-order valence-corrected chi connectivity index (χ2v) is 8.38. The van der Waals surface area contributed by atoms with Crippen molar-refractivity contribution in [3.63, 3.8) is 0 Å². The summed E-state index contributed by atoms with van der Waals surface area (Å²) in [6, 6.07) is 11.5. The number of aromatic nitrogens is 3. The summed E-state index contributed by atoms with van der Waals surface area (Å²) in [6.07, 6.45) is 1.69. The number of hydrogen-bond donors (Lipinski definition) is 2. The van der Waals surface area contributed by atoms with Crippen LogP contribution in [0, 0.1) is 0 Å². The number of nitrogens with zero attached hydrogens (tertiary/aromatic N) is 3. The number of carboxylic acid groups (broad SMARTS) is 1. The Balaban J connectivity index is 1.54. The fourth-order valence-electron chi connectivity index (χ4n) is 3.25. The summed E-state index contributed by atoms with van der Waals surface area (Å²) in [6.45, 7) is 4.18. The summed E-state index contributed by atoms with van der Waals surface area (Å²) in [5, 5.41) is 21.8. The lowest BCUT2D eigenvalue weighted by Crippen LogP contribution is -2.15. The quantitative estimate of drug-likeness (QED) is 0.245. The number of carbonyl (C=O) groups excluding carboxylic acids is 1. The number of anilines is 1. The van der Waals surface area contributed by atoms with E-state index >= 15 is 0 Å². The van der Waals surface area contributed by atoms with Gasteiger partial charge in [-0.2, -0.15) is 0 Å². The Kier molecular flexibility index (Phi) is 6.90. The molecule has 0 bridgehead atoms. The molecule has 0 spiro atoms. The molecule has 0 saturated heterocycles. The van der Waals surface area contributed by atoms with Gasteiger partial charge in [-0.25, -0.2) is 4.79 Å². The number of carboxylic acids is 1. The van der Waals surface area contributed by atoms with Gasteiger partial charge < -0.3 is 19.6 Å². The number of nitrogens with one attached hydrogen (secondary N) is 1. The predicted octanol–water partition coefficient (Wildman–Crippen LogP) is 4.97. The van der Waals surface area contributed by atoms with Crippen LogP contribution in [0.25, 0.3) is 22.6 Å². The molecule has 4 aromatic rings. The molecule has 0 saturated carbocycles. The van der Waals surface area contributed by atoms with Gasteiger partial charge in [-0.15, -0.1) is 16.8 Å². The first-order valence-corrected chi connectivity index (χ1v) is 11.3. The van der Waals surface area contributed by atoms with Crippen molar-refractivity contribution in [2.75, 3.05) is 18.2 Å². The van der Waals surface area contributed by atoms with Gasteiger partial charge in [0.2, 0.25) is 11.7 Å². The number of hydrogen-bond acceptors (Lipinski definition) is 7. The van der Waals surface area contributed by atoms with Crippen molar-refractivity contribution in [2.24, 2.45) is 0 Å². The van der Waals surface area contributed by atoms with Crippen molar-refractivity contribution in [1.82, 2.24) is 14.8 Å². The molecule has 0 fully saturated rings. The highest BCUT2D eigenvalue weighted by Crippen LogP contribution is 2.34. The van der Waals surface area contributed by atoms with Gasteiger partial charge >= 0.3 is 5.97 Å². The Morgan fingerprint density at radius 1 is 1.29 bits per heavy atom. The number of carbonyl (C=O) groups is 2. The maximum Gasteiger partial charge on any atom is 0.335 e. The highest BCUT2D eigenvalue weighted by molar-refractivity contribution is 7.99. The molecular weight excluding hydrogens is 480 g/mol. The topological polar surface area (TPSA) is 119 Å². The minimum absolute atomic E-state index is 0.00312. The fourth-order valence-corrected chi connectivity index (χ4v) is 4.16. The van der Waals surface area contributed by atoms with Crippen LogP contribution in [0.5, 0.6) is 5.75 Å². The zero-order valence-corrected chi connectivity index (χ0v) is 19.5. The molecule has 2 aromatic heterocycles. The number of fused-ring (bicyclic) bond motifs is 1. The van der Waals surface area contributed by atoms with E-state index in [1.54, 1.807) is 17.8 Å². The van der Waals surface area contributed by atoms with Gasteiger partial charge in [0, 0.05) is 11.9 Å². The van der Waals surface area contributed by atoms with Crippen molar-refractivity contribution < 1.29 is 23.8 Å². The van der Waals surface area contributed by atoms with Crippen LogP contribution in [0.3, 0.4) is 0 Å². The molecule has 2 N–H and O–H groups in total. The highest BCUT2D eigenvalue weighted by atomic mass is 35.5. The number of para-hydroxylation sites is 1. The van der Waals surface area contributed by atoms with E-state index in [0.29, 0.717) is 34.6 Å². The molecule has 11 heteroatoms. The second kappa shape index (κ2) is 10.0. The Hall–Kier alpha value is -3.76. The van der Waals surface area contributed by atoms with Crippen molar-refractivity contribution in [1.29, 1.82) is 0 Å². The zero-order chi connectivity index (χ0) is 24.2. The Morgan fingerprint density at radius 3 is 2.85 bits per heavy atom. The second-order valence-electron chi connectivity index (χ2n) is 7.03. The first-order chi connectivity index (χ1) is 16.4. The molecule has 174 valence electrons. The maximum atomic E-state index is 12.5.